The second-order valence-corrected chi connectivity index (χ2v) is 7.58. The van der Waals surface area contributed by atoms with Crippen molar-refractivity contribution in [3.05, 3.63) is 59.7 Å². The van der Waals surface area contributed by atoms with Crippen LogP contribution < -0.4 is 10.1 Å². The van der Waals surface area contributed by atoms with Gasteiger partial charge in [-0.3, -0.25) is 9.69 Å². The third-order valence-electron chi connectivity index (χ3n) is 5.49. The number of nitrogens with zero attached hydrogens (tertiary/aromatic N) is 2. The van der Waals surface area contributed by atoms with E-state index in [0.717, 1.165) is 35.9 Å². The molecule has 3 heterocycles. The molecule has 1 N–H and O–H groups in total. The molecule has 1 fully saturated rings. The highest BCUT2D eigenvalue weighted by Gasteiger charge is 2.26. The van der Waals surface area contributed by atoms with E-state index in [4.69, 9.17) is 13.7 Å². The minimum absolute atomic E-state index is 0.0101. The summed E-state index contributed by atoms with van der Waals surface area (Å²) in [5.41, 5.74) is 1.09. The number of carbonyl (C=O) groups is 1. The molecular weight excluding hydrogens is 382 g/mol. The topological polar surface area (TPSA) is 80.7 Å². The summed E-state index contributed by atoms with van der Waals surface area (Å²) >= 11 is 0. The Morgan fingerprint density at radius 2 is 1.93 bits per heavy atom. The van der Waals surface area contributed by atoms with E-state index in [1.165, 1.54) is 19.3 Å². The van der Waals surface area contributed by atoms with Crippen LogP contribution in [0.25, 0.3) is 11.3 Å². The first-order chi connectivity index (χ1) is 14.6. The maximum atomic E-state index is 12.7. The molecule has 1 aliphatic heterocycles. The number of benzene rings is 1. The fraction of sp³-hybridized carbons (Fsp3) is 0.391. The zero-order valence-electron chi connectivity index (χ0n) is 17.4. The Balaban J connectivity index is 1.43. The molecule has 7 heteroatoms. The largest absolute Gasteiger partial charge is 0.497 e. The van der Waals surface area contributed by atoms with E-state index in [1.807, 2.05) is 43.3 Å². The van der Waals surface area contributed by atoms with Gasteiger partial charge in [0.2, 0.25) is 0 Å². The number of hydrogen-bond donors (Lipinski definition) is 1. The normalized spacial score (nSPS) is 15.7. The number of hydrogen-bond acceptors (Lipinski definition) is 6. The Labute approximate surface area is 176 Å². The lowest BCUT2D eigenvalue weighted by atomic mass is 10.1. The Bertz CT molecular complexity index is 971. The van der Waals surface area contributed by atoms with Crippen LogP contribution in [-0.4, -0.2) is 42.7 Å². The first kappa shape index (κ1) is 20.2. The first-order valence-corrected chi connectivity index (χ1v) is 10.3. The smallest absolute Gasteiger partial charge is 0.273 e. The SMILES string of the molecule is COc1ccc(-c2cc(C(=O)NC[C@H](c3ccc(C)o3)N3CCCCC3)no2)cc1. The average molecular weight is 409 g/mol. The van der Waals surface area contributed by atoms with Crippen molar-refractivity contribution in [1.82, 2.24) is 15.4 Å². The van der Waals surface area contributed by atoms with Crippen molar-refractivity contribution in [2.75, 3.05) is 26.7 Å². The summed E-state index contributed by atoms with van der Waals surface area (Å²) in [6.45, 7) is 4.40. The van der Waals surface area contributed by atoms with Crippen LogP contribution in [0.1, 0.15) is 47.3 Å². The van der Waals surface area contributed by atoms with Crippen molar-refractivity contribution in [3.8, 4) is 17.1 Å². The van der Waals surface area contributed by atoms with E-state index in [2.05, 4.69) is 15.4 Å². The minimum Gasteiger partial charge on any atom is -0.497 e. The van der Waals surface area contributed by atoms with Gasteiger partial charge in [0, 0.05) is 18.2 Å². The fourth-order valence-corrected chi connectivity index (χ4v) is 3.83. The molecule has 0 bridgehead atoms. The fourth-order valence-electron chi connectivity index (χ4n) is 3.83. The molecule has 30 heavy (non-hydrogen) atoms. The molecule has 1 atom stereocenters. The molecule has 0 radical (unpaired) electrons. The number of piperidine rings is 1. The Morgan fingerprint density at radius 3 is 2.60 bits per heavy atom. The molecule has 0 saturated carbocycles. The molecule has 3 aromatic rings. The second-order valence-electron chi connectivity index (χ2n) is 7.58. The molecule has 1 saturated heterocycles. The van der Waals surface area contributed by atoms with E-state index in [-0.39, 0.29) is 17.6 Å². The molecule has 1 aromatic carbocycles. The molecule has 2 aromatic heterocycles. The van der Waals surface area contributed by atoms with Crippen LogP contribution in [0.3, 0.4) is 0 Å². The Kier molecular flexibility index (Phi) is 6.18. The van der Waals surface area contributed by atoms with E-state index in [0.29, 0.717) is 12.3 Å². The lowest BCUT2D eigenvalue weighted by Gasteiger charge is -2.33. The van der Waals surface area contributed by atoms with Gasteiger partial charge in [0.05, 0.1) is 13.2 Å². The zero-order valence-corrected chi connectivity index (χ0v) is 17.4. The third-order valence-corrected chi connectivity index (χ3v) is 5.49. The number of rotatable bonds is 7. The number of amides is 1. The van der Waals surface area contributed by atoms with Crippen LogP contribution in [0.5, 0.6) is 5.75 Å². The number of aromatic nitrogens is 1. The third kappa shape index (κ3) is 4.57. The number of ether oxygens (including phenoxy) is 1. The summed E-state index contributed by atoms with van der Waals surface area (Å²) in [7, 11) is 1.62. The number of aryl methyl sites for hydroxylation is 1. The highest BCUT2D eigenvalue weighted by Crippen LogP contribution is 2.26. The van der Waals surface area contributed by atoms with Gasteiger partial charge in [0.15, 0.2) is 11.5 Å². The van der Waals surface area contributed by atoms with E-state index in [9.17, 15) is 4.79 Å². The lowest BCUT2D eigenvalue weighted by molar-refractivity contribution is 0.0905. The van der Waals surface area contributed by atoms with Crippen molar-refractivity contribution in [3.63, 3.8) is 0 Å². The molecule has 1 aliphatic rings. The molecule has 0 spiro atoms. The van der Waals surface area contributed by atoms with Gasteiger partial charge in [-0.05, 0) is 69.3 Å². The summed E-state index contributed by atoms with van der Waals surface area (Å²) in [6.07, 6.45) is 3.58. The van der Waals surface area contributed by atoms with Crippen LogP contribution in [0.15, 0.2) is 51.4 Å². The van der Waals surface area contributed by atoms with Gasteiger partial charge in [-0.2, -0.15) is 0 Å². The Hall–Kier alpha value is -3.06. The Morgan fingerprint density at radius 1 is 1.17 bits per heavy atom. The highest BCUT2D eigenvalue weighted by molar-refractivity contribution is 5.93. The average Bonchev–Trinajstić information content (AvgIpc) is 3.44. The lowest BCUT2D eigenvalue weighted by Crippen LogP contribution is -2.40. The molecule has 158 valence electrons. The van der Waals surface area contributed by atoms with Crippen molar-refractivity contribution in [1.29, 1.82) is 0 Å². The highest BCUT2D eigenvalue weighted by atomic mass is 16.5. The predicted molar refractivity (Wildman–Crippen MR) is 112 cm³/mol. The van der Waals surface area contributed by atoms with Crippen LogP contribution in [0, 0.1) is 6.92 Å². The maximum absolute atomic E-state index is 12.7. The molecule has 0 aliphatic carbocycles. The van der Waals surface area contributed by atoms with Gasteiger partial charge < -0.3 is 19.0 Å². The molecule has 0 unspecified atom stereocenters. The summed E-state index contributed by atoms with van der Waals surface area (Å²) in [5, 5.41) is 6.95. The van der Waals surface area contributed by atoms with Crippen LogP contribution in [0.2, 0.25) is 0 Å². The number of furan rings is 1. The van der Waals surface area contributed by atoms with Crippen LogP contribution in [0.4, 0.5) is 0 Å². The van der Waals surface area contributed by atoms with Crippen LogP contribution >= 0.6 is 0 Å². The van der Waals surface area contributed by atoms with Gasteiger partial charge in [-0.25, -0.2) is 0 Å². The monoisotopic (exact) mass is 409 g/mol. The summed E-state index contributed by atoms with van der Waals surface area (Å²) in [5.74, 6) is 2.79. The van der Waals surface area contributed by atoms with Gasteiger partial charge in [-0.1, -0.05) is 11.6 Å². The second kappa shape index (κ2) is 9.17. The molecular formula is C23H27N3O4. The molecule has 1 amide bonds. The van der Waals surface area contributed by atoms with E-state index < -0.39 is 0 Å². The van der Waals surface area contributed by atoms with Gasteiger partial charge >= 0.3 is 0 Å². The quantitative estimate of drug-likeness (QED) is 0.630. The molecule has 4 rings (SSSR count). The zero-order chi connectivity index (χ0) is 20.9. The summed E-state index contributed by atoms with van der Waals surface area (Å²) in [6, 6.07) is 13.0. The maximum Gasteiger partial charge on any atom is 0.273 e. The number of likely N-dealkylation sites (tertiary alicyclic amines) is 1. The number of methoxy groups -OCH3 is 1. The van der Waals surface area contributed by atoms with Crippen LogP contribution in [-0.2, 0) is 0 Å². The van der Waals surface area contributed by atoms with E-state index >= 15 is 0 Å². The van der Waals surface area contributed by atoms with Crippen molar-refractivity contribution >= 4 is 5.91 Å². The minimum atomic E-state index is -0.260. The van der Waals surface area contributed by atoms with Crippen molar-refractivity contribution in [2.45, 2.75) is 32.2 Å². The van der Waals surface area contributed by atoms with Crippen molar-refractivity contribution < 1.29 is 18.5 Å². The van der Waals surface area contributed by atoms with E-state index in [1.54, 1.807) is 13.2 Å². The standard InChI is InChI=1S/C23H27N3O4/c1-16-6-11-21(29-16)20(26-12-4-3-5-13-26)15-24-23(27)19-14-22(30-25-19)17-7-9-18(28-2)10-8-17/h6-11,14,20H,3-5,12-13,15H2,1-2H3,(H,24,27)/t20-/m1/s1. The van der Waals surface area contributed by atoms with Crippen molar-refractivity contribution in [2.24, 2.45) is 0 Å². The summed E-state index contributed by atoms with van der Waals surface area (Å²) in [4.78, 5) is 15.1. The number of nitrogens with one attached hydrogen (secondary N) is 1. The van der Waals surface area contributed by atoms with Gasteiger partial charge in [-0.15, -0.1) is 0 Å². The number of carbonyl (C=O) groups excluding carboxylic acids is 1. The first-order valence-electron chi connectivity index (χ1n) is 10.3. The summed E-state index contributed by atoms with van der Waals surface area (Å²) < 4.78 is 16.4. The van der Waals surface area contributed by atoms with Gasteiger partial charge in [0.1, 0.15) is 17.3 Å². The predicted octanol–water partition coefficient (Wildman–Crippen LogP) is 4.21. The van der Waals surface area contributed by atoms with Gasteiger partial charge in [0.25, 0.3) is 5.91 Å². The molecule has 7 nitrogen and oxygen atoms in total.